The van der Waals surface area contributed by atoms with Crippen LogP contribution in [0.5, 0.6) is 0 Å². The highest BCUT2D eigenvalue weighted by Gasteiger charge is 1.93. The Kier molecular flexibility index (Phi) is 5.65. The molecule has 1 aromatic heterocycles. The van der Waals surface area contributed by atoms with Gasteiger partial charge in [-0.15, -0.1) is 0 Å². The van der Waals surface area contributed by atoms with E-state index < -0.39 is 0 Å². The summed E-state index contributed by atoms with van der Waals surface area (Å²) in [5.74, 6) is 0. The molecule has 0 aliphatic heterocycles. The smallest absolute Gasteiger partial charge is 0.171 e. The number of nitrogens with zero attached hydrogens (tertiary/aromatic N) is 2. The lowest BCUT2D eigenvalue weighted by atomic mass is 10.9. The second-order valence-corrected chi connectivity index (χ2v) is 2.28. The lowest BCUT2D eigenvalue weighted by molar-refractivity contribution is 0.947. The van der Waals surface area contributed by atoms with Gasteiger partial charge in [0.05, 0.1) is 0 Å². The third kappa shape index (κ3) is 2.80. The normalized spacial score (nSPS) is 8.27. The van der Waals surface area contributed by atoms with Gasteiger partial charge >= 0.3 is 0 Å². The summed E-state index contributed by atoms with van der Waals surface area (Å²) < 4.78 is 1.88. The van der Waals surface area contributed by atoms with Crippen LogP contribution in [0.2, 0.25) is 0 Å². The maximum absolute atomic E-state index is 4.06. The van der Waals surface area contributed by atoms with E-state index in [9.17, 15) is 0 Å². The van der Waals surface area contributed by atoms with Gasteiger partial charge in [-0.3, -0.25) is 0 Å². The van der Waals surface area contributed by atoms with E-state index in [-0.39, 0.29) is 0 Å². The molecule has 0 radical (unpaired) electrons. The van der Waals surface area contributed by atoms with Gasteiger partial charge in [0.25, 0.3) is 0 Å². The van der Waals surface area contributed by atoms with E-state index in [2.05, 4.69) is 11.6 Å². The van der Waals surface area contributed by atoms with Crippen molar-refractivity contribution in [1.82, 2.24) is 9.55 Å². The van der Waals surface area contributed by atoms with Crippen LogP contribution in [0, 0.1) is 0 Å². The van der Waals surface area contributed by atoms with Crippen LogP contribution in [0.4, 0.5) is 0 Å². The minimum absolute atomic E-state index is 0.977. The average molecular weight is 170 g/mol. The molecule has 2 nitrogen and oxygen atoms in total. The third-order valence-electron chi connectivity index (χ3n) is 1.01. The molecule has 0 unspecified atom stereocenters. The van der Waals surface area contributed by atoms with Gasteiger partial charge in [0.15, 0.2) is 5.16 Å². The van der Waals surface area contributed by atoms with Crippen LogP contribution in [-0.4, -0.2) is 15.8 Å². The summed E-state index contributed by atoms with van der Waals surface area (Å²) in [6.07, 6.45) is 7.35. The van der Waals surface area contributed by atoms with E-state index in [1.807, 2.05) is 30.9 Å². The molecule has 3 heteroatoms. The van der Waals surface area contributed by atoms with Crippen molar-refractivity contribution in [2.75, 3.05) is 6.26 Å². The fourth-order valence-corrected chi connectivity index (χ4v) is 1.11. The molecule has 0 spiro atoms. The molecule has 62 valence electrons. The summed E-state index contributed by atoms with van der Waals surface area (Å²) in [7, 11) is 0. The molecule has 0 amide bonds. The van der Waals surface area contributed by atoms with E-state index in [0.717, 1.165) is 5.16 Å². The third-order valence-corrected chi connectivity index (χ3v) is 1.69. The Hall–Kier alpha value is -0.700. The molecule has 0 bridgehead atoms. The largest absolute Gasteiger partial charge is 0.302 e. The zero-order chi connectivity index (χ0) is 8.69. The highest BCUT2D eigenvalue weighted by atomic mass is 32.2. The minimum Gasteiger partial charge on any atom is -0.302 e. The van der Waals surface area contributed by atoms with Crippen molar-refractivity contribution < 1.29 is 0 Å². The maximum Gasteiger partial charge on any atom is 0.171 e. The highest BCUT2D eigenvalue weighted by molar-refractivity contribution is 7.98. The molecular weight excluding hydrogens is 156 g/mol. The number of hydrogen-bond donors (Lipinski definition) is 0. The molecule has 1 heterocycles. The first-order chi connectivity index (χ1) is 5.38. The van der Waals surface area contributed by atoms with E-state index in [1.54, 1.807) is 24.2 Å². The molecule has 0 fully saturated rings. The fourth-order valence-electron chi connectivity index (χ4n) is 0.596. The van der Waals surface area contributed by atoms with Crippen LogP contribution in [0.1, 0.15) is 13.8 Å². The molecule has 0 aliphatic carbocycles. The summed E-state index contributed by atoms with van der Waals surface area (Å²) in [6, 6.07) is 0. The van der Waals surface area contributed by atoms with E-state index in [1.165, 1.54) is 0 Å². The van der Waals surface area contributed by atoms with Crippen LogP contribution < -0.4 is 0 Å². The Morgan fingerprint density at radius 3 is 2.64 bits per heavy atom. The number of aromatic nitrogens is 2. The van der Waals surface area contributed by atoms with Crippen LogP contribution in [-0.2, 0) is 0 Å². The number of imidazole rings is 1. The molecule has 0 aromatic carbocycles. The van der Waals surface area contributed by atoms with E-state index in [0.29, 0.717) is 0 Å². The molecule has 0 saturated carbocycles. The monoisotopic (exact) mass is 170 g/mol. The predicted octanol–water partition coefficient (Wildman–Crippen LogP) is 2.73. The standard InChI is InChI=1S/C6H8N2S.C2H6/c1-3-8-5-4-7-6(8)9-2;1-2/h3-5H,1H2,2H3;1-2H3. The quantitative estimate of drug-likeness (QED) is 0.635. The van der Waals surface area contributed by atoms with Gasteiger partial charge in [-0.2, -0.15) is 0 Å². The highest BCUT2D eigenvalue weighted by Crippen LogP contribution is 2.10. The Balaban J connectivity index is 0.000000461. The zero-order valence-corrected chi connectivity index (χ0v) is 8.06. The van der Waals surface area contributed by atoms with Gasteiger partial charge in [0.1, 0.15) is 0 Å². The number of hydrogen-bond acceptors (Lipinski definition) is 2. The molecule has 11 heavy (non-hydrogen) atoms. The van der Waals surface area contributed by atoms with Gasteiger partial charge in [-0.05, 0) is 6.26 Å². The summed E-state index contributed by atoms with van der Waals surface area (Å²) >= 11 is 1.61. The average Bonchev–Trinajstić information content (AvgIpc) is 2.54. The second kappa shape index (κ2) is 6.04. The molecule has 0 N–H and O–H groups in total. The van der Waals surface area contributed by atoms with Crippen molar-refractivity contribution in [2.45, 2.75) is 19.0 Å². The topological polar surface area (TPSA) is 17.8 Å². The molecule has 1 aromatic rings. The van der Waals surface area contributed by atoms with Crippen molar-refractivity contribution in [3.63, 3.8) is 0 Å². The van der Waals surface area contributed by atoms with Crippen molar-refractivity contribution in [1.29, 1.82) is 0 Å². The first kappa shape index (κ1) is 10.3. The van der Waals surface area contributed by atoms with Crippen molar-refractivity contribution >= 4 is 18.0 Å². The predicted molar refractivity (Wildman–Crippen MR) is 51.7 cm³/mol. The summed E-state index contributed by atoms with van der Waals surface area (Å²) in [5.41, 5.74) is 0. The van der Waals surface area contributed by atoms with Crippen LogP contribution in [0.15, 0.2) is 24.1 Å². The van der Waals surface area contributed by atoms with Crippen LogP contribution in [0.3, 0.4) is 0 Å². The zero-order valence-electron chi connectivity index (χ0n) is 7.24. The first-order valence-corrected chi connectivity index (χ1v) is 4.80. The van der Waals surface area contributed by atoms with Gasteiger partial charge in [-0.25, -0.2) is 4.98 Å². The fraction of sp³-hybridized carbons (Fsp3) is 0.375. The van der Waals surface area contributed by atoms with Crippen molar-refractivity contribution in [2.24, 2.45) is 0 Å². The minimum atomic E-state index is 0.977. The van der Waals surface area contributed by atoms with Gasteiger partial charge < -0.3 is 4.57 Å². The Bertz CT molecular complexity index is 206. The first-order valence-electron chi connectivity index (χ1n) is 3.58. The maximum atomic E-state index is 4.06. The lowest BCUT2D eigenvalue weighted by Gasteiger charge is -1.93. The molecule has 1 rings (SSSR count). The Labute approximate surface area is 72.3 Å². The molecule has 0 atom stereocenters. The second-order valence-electron chi connectivity index (χ2n) is 1.50. The summed E-state index contributed by atoms with van der Waals surface area (Å²) in [5, 5.41) is 0.977. The van der Waals surface area contributed by atoms with Gasteiger partial charge in [0.2, 0.25) is 0 Å². The summed E-state index contributed by atoms with van der Waals surface area (Å²) in [6.45, 7) is 7.62. The van der Waals surface area contributed by atoms with Gasteiger partial charge in [0, 0.05) is 18.6 Å². The number of rotatable bonds is 2. The summed E-state index contributed by atoms with van der Waals surface area (Å²) in [4.78, 5) is 4.06. The van der Waals surface area contributed by atoms with Crippen molar-refractivity contribution in [3.8, 4) is 0 Å². The lowest BCUT2D eigenvalue weighted by Crippen LogP contribution is -1.83. The van der Waals surface area contributed by atoms with Gasteiger partial charge in [-0.1, -0.05) is 32.2 Å². The van der Waals surface area contributed by atoms with Crippen molar-refractivity contribution in [3.05, 3.63) is 19.0 Å². The SMILES string of the molecule is C=Cn1ccnc1SC.CC. The molecule has 0 saturated heterocycles. The van der Waals surface area contributed by atoms with Crippen LogP contribution >= 0.6 is 11.8 Å². The van der Waals surface area contributed by atoms with E-state index >= 15 is 0 Å². The van der Waals surface area contributed by atoms with E-state index in [4.69, 9.17) is 0 Å². The molecular formula is C8H14N2S. The number of thioether (sulfide) groups is 1. The van der Waals surface area contributed by atoms with Crippen LogP contribution in [0.25, 0.3) is 6.20 Å². The Morgan fingerprint density at radius 2 is 2.27 bits per heavy atom. The Morgan fingerprint density at radius 1 is 1.64 bits per heavy atom. The molecule has 0 aliphatic rings.